The van der Waals surface area contributed by atoms with Crippen molar-refractivity contribution < 1.29 is 9.53 Å². The fraction of sp³-hybridized carbons (Fsp3) is 0.909. The van der Waals surface area contributed by atoms with E-state index in [2.05, 4.69) is 33.9 Å². The maximum Gasteiger partial charge on any atom is 0.306 e. The zero-order valence-corrected chi connectivity index (χ0v) is 10.5. The predicted octanol–water partition coefficient (Wildman–Crippen LogP) is -0.615. The van der Waals surface area contributed by atoms with Gasteiger partial charge in [-0.25, -0.2) is 0 Å². The molecule has 0 aromatic rings. The van der Waals surface area contributed by atoms with Gasteiger partial charge in [-0.15, -0.1) is 0 Å². The molecule has 0 radical (unpaired) electrons. The summed E-state index contributed by atoms with van der Waals surface area (Å²) in [6, 6.07) is 0.538. The van der Waals surface area contributed by atoms with Crippen molar-refractivity contribution in [1.82, 2.24) is 15.1 Å². The molecule has 1 fully saturated rings. The van der Waals surface area contributed by atoms with E-state index < -0.39 is 0 Å². The third-order valence-corrected chi connectivity index (χ3v) is 3.09. The van der Waals surface area contributed by atoms with Gasteiger partial charge in [0.25, 0.3) is 0 Å². The molecule has 0 aliphatic carbocycles. The van der Waals surface area contributed by atoms with Crippen LogP contribution in [0.15, 0.2) is 0 Å². The number of hydrogen-bond acceptors (Lipinski definition) is 5. The van der Waals surface area contributed by atoms with E-state index in [-0.39, 0.29) is 5.97 Å². The van der Waals surface area contributed by atoms with Crippen molar-refractivity contribution in [2.24, 2.45) is 0 Å². The summed E-state index contributed by atoms with van der Waals surface area (Å²) in [5, 5.41) is 3.30. The minimum atomic E-state index is -0.151. The average Bonchev–Trinajstić information content (AvgIpc) is 2.28. The number of nitrogens with zero attached hydrogens (tertiary/aromatic N) is 2. The van der Waals surface area contributed by atoms with E-state index in [1.807, 2.05) is 0 Å². The van der Waals surface area contributed by atoms with Crippen molar-refractivity contribution in [1.29, 1.82) is 0 Å². The summed E-state index contributed by atoms with van der Waals surface area (Å²) in [6.07, 6.45) is 0.447. The van der Waals surface area contributed by atoms with Crippen LogP contribution in [0.25, 0.3) is 0 Å². The van der Waals surface area contributed by atoms with Gasteiger partial charge in [0.1, 0.15) is 0 Å². The molecule has 94 valence electrons. The van der Waals surface area contributed by atoms with E-state index in [4.69, 9.17) is 0 Å². The molecule has 1 heterocycles. The Hall–Kier alpha value is -0.650. The summed E-state index contributed by atoms with van der Waals surface area (Å²) in [6.45, 7) is 4.95. The first kappa shape index (κ1) is 13.4. The van der Waals surface area contributed by atoms with Crippen LogP contribution in [0.4, 0.5) is 0 Å². The Morgan fingerprint density at radius 2 is 2.19 bits per heavy atom. The molecule has 1 saturated heterocycles. The van der Waals surface area contributed by atoms with Gasteiger partial charge in [0.05, 0.1) is 13.5 Å². The van der Waals surface area contributed by atoms with E-state index in [0.29, 0.717) is 19.0 Å². The lowest BCUT2D eigenvalue weighted by molar-refractivity contribution is -0.140. The van der Waals surface area contributed by atoms with Crippen LogP contribution < -0.4 is 5.32 Å². The molecule has 0 saturated carbocycles. The topological polar surface area (TPSA) is 44.8 Å². The van der Waals surface area contributed by atoms with E-state index in [9.17, 15) is 4.79 Å². The zero-order valence-electron chi connectivity index (χ0n) is 10.5. The molecule has 0 aromatic carbocycles. The van der Waals surface area contributed by atoms with E-state index >= 15 is 0 Å². The van der Waals surface area contributed by atoms with Crippen molar-refractivity contribution in [3.8, 4) is 0 Å². The lowest BCUT2D eigenvalue weighted by Gasteiger charge is -2.37. The van der Waals surface area contributed by atoms with Crippen LogP contribution in [0.2, 0.25) is 0 Å². The minimum Gasteiger partial charge on any atom is -0.469 e. The second-order valence-electron chi connectivity index (χ2n) is 4.43. The number of carbonyl (C=O) groups is 1. The standard InChI is InChI=1S/C11H23N3O2/c1-13-6-7-14(2)10(9-13)8-12-5-4-11(15)16-3/h10,12H,4-9H2,1-3H3. The highest BCUT2D eigenvalue weighted by Crippen LogP contribution is 2.04. The summed E-state index contributed by atoms with van der Waals surface area (Å²) in [7, 11) is 5.72. The first-order valence-electron chi connectivity index (χ1n) is 5.79. The molecule has 0 aromatic heterocycles. The van der Waals surface area contributed by atoms with Crippen LogP contribution >= 0.6 is 0 Å². The Kier molecular flexibility index (Phi) is 5.73. The van der Waals surface area contributed by atoms with Gasteiger partial charge in [0.2, 0.25) is 0 Å². The van der Waals surface area contributed by atoms with Crippen LogP contribution in [0.5, 0.6) is 0 Å². The Morgan fingerprint density at radius 1 is 1.44 bits per heavy atom. The lowest BCUT2D eigenvalue weighted by atomic mass is 10.2. The van der Waals surface area contributed by atoms with Crippen molar-refractivity contribution in [3.63, 3.8) is 0 Å². The molecule has 1 aliphatic heterocycles. The highest BCUT2D eigenvalue weighted by Gasteiger charge is 2.21. The Bertz CT molecular complexity index is 223. The highest BCUT2D eigenvalue weighted by molar-refractivity contribution is 5.69. The molecule has 5 heteroatoms. The van der Waals surface area contributed by atoms with Crippen molar-refractivity contribution in [2.75, 3.05) is 53.9 Å². The molecule has 0 bridgehead atoms. The monoisotopic (exact) mass is 229 g/mol. The van der Waals surface area contributed by atoms with Crippen LogP contribution in [-0.2, 0) is 9.53 Å². The molecule has 1 aliphatic rings. The SMILES string of the molecule is COC(=O)CCNCC1CN(C)CCN1C. The molecule has 16 heavy (non-hydrogen) atoms. The Balaban J connectivity index is 2.13. The van der Waals surface area contributed by atoms with Gasteiger partial charge in [-0.2, -0.15) is 0 Å². The second kappa shape index (κ2) is 6.83. The predicted molar refractivity (Wildman–Crippen MR) is 63.4 cm³/mol. The van der Waals surface area contributed by atoms with E-state index in [1.165, 1.54) is 7.11 Å². The Labute approximate surface area is 97.7 Å². The molecular formula is C11H23N3O2. The minimum absolute atomic E-state index is 0.151. The van der Waals surface area contributed by atoms with E-state index in [1.54, 1.807) is 0 Å². The first-order valence-corrected chi connectivity index (χ1v) is 5.79. The van der Waals surface area contributed by atoms with Crippen LogP contribution in [0, 0.1) is 0 Å². The summed E-state index contributed by atoms with van der Waals surface area (Å²) in [5.74, 6) is -0.151. The molecule has 1 atom stereocenters. The molecule has 0 spiro atoms. The number of esters is 1. The maximum absolute atomic E-state index is 10.9. The average molecular weight is 229 g/mol. The van der Waals surface area contributed by atoms with Gasteiger partial charge in [0, 0.05) is 38.8 Å². The zero-order chi connectivity index (χ0) is 12.0. The molecule has 5 nitrogen and oxygen atoms in total. The number of rotatable bonds is 5. The number of nitrogens with one attached hydrogen (secondary N) is 1. The van der Waals surface area contributed by atoms with Crippen molar-refractivity contribution in [3.05, 3.63) is 0 Å². The molecule has 1 rings (SSSR count). The fourth-order valence-corrected chi connectivity index (χ4v) is 1.88. The van der Waals surface area contributed by atoms with Crippen LogP contribution in [0.3, 0.4) is 0 Å². The summed E-state index contributed by atoms with van der Waals surface area (Å²) in [4.78, 5) is 15.6. The number of ether oxygens (including phenoxy) is 1. The van der Waals surface area contributed by atoms with Crippen LogP contribution in [-0.4, -0.2) is 75.7 Å². The molecule has 1 N–H and O–H groups in total. The normalized spacial score (nSPS) is 23.3. The number of likely N-dealkylation sites (N-methyl/N-ethyl adjacent to an activating group) is 2. The third-order valence-electron chi connectivity index (χ3n) is 3.09. The van der Waals surface area contributed by atoms with E-state index in [0.717, 1.165) is 26.2 Å². The quantitative estimate of drug-likeness (QED) is 0.503. The molecular weight excluding hydrogens is 206 g/mol. The number of carbonyl (C=O) groups excluding carboxylic acids is 1. The number of hydrogen-bond donors (Lipinski definition) is 1. The number of methoxy groups -OCH3 is 1. The lowest BCUT2D eigenvalue weighted by Crippen LogP contribution is -2.53. The van der Waals surface area contributed by atoms with Gasteiger partial charge in [-0.1, -0.05) is 0 Å². The smallest absolute Gasteiger partial charge is 0.306 e. The van der Waals surface area contributed by atoms with Crippen LogP contribution in [0.1, 0.15) is 6.42 Å². The van der Waals surface area contributed by atoms with Gasteiger partial charge in [0.15, 0.2) is 0 Å². The third kappa shape index (κ3) is 4.47. The largest absolute Gasteiger partial charge is 0.469 e. The number of piperazine rings is 1. The van der Waals surface area contributed by atoms with Gasteiger partial charge >= 0.3 is 5.97 Å². The summed E-state index contributed by atoms with van der Waals surface area (Å²) >= 11 is 0. The van der Waals surface area contributed by atoms with Gasteiger partial charge < -0.3 is 15.0 Å². The van der Waals surface area contributed by atoms with Crippen molar-refractivity contribution >= 4 is 5.97 Å². The van der Waals surface area contributed by atoms with Crippen molar-refractivity contribution in [2.45, 2.75) is 12.5 Å². The highest BCUT2D eigenvalue weighted by atomic mass is 16.5. The summed E-state index contributed by atoms with van der Waals surface area (Å²) < 4.78 is 4.58. The molecule has 1 unspecified atom stereocenters. The Morgan fingerprint density at radius 3 is 2.88 bits per heavy atom. The second-order valence-corrected chi connectivity index (χ2v) is 4.43. The summed E-state index contributed by atoms with van der Waals surface area (Å²) in [5.41, 5.74) is 0. The first-order chi connectivity index (χ1) is 7.63. The maximum atomic E-state index is 10.9. The van der Waals surface area contributed by atoms with Gasteiger partial charge in [-0.3, -0.25) is 9.69 Å². The molecule has 0 amide bonds. The van der Waals surface area contributed by atoms with Gasteiger partial charge in [-0.05, 0) is 14.1 Å². The fourth-order valence-electron chi connectivity index (χ4n) is 1.88.